The molecule has 0 unspecified atom stereocenters. The van der Waals surface area contributed by atoms with Crippen LogP contribution in [0.3, 0.4) is 0 Å². The molecule has 1 aliphatic rings. The van der Waals surface area contributed by atoms with E-state index in [4.69, 9.17) is 4.52 Å². The van der Waals surface area contributed by atoms with E-state index in [0.29, 0.717) is 23.6 Å². The molecule has 2 aromatic rings. The first-order valence-corrected chi connectivity index (χ1v) is 5.75. The zero-order valence-electron chi connectivity index (χ0n) is 9.33. The summed E-state index contributed by atoms with van der Waals surface area (Å²) >= 11 is 0. The van der Waals surface area contributed by atoms with Crippen LogP contribution in [-0.2, 0) is 6.42 Å². The third kappa shape index (κ3) is 2.65. The second kappa shape index (κ2) is 4.58. The van der Waals surface area contributed by atoms with Crippen LogP contribution in [0.1, 0.15) is 18.7 Å². The van der Waals surface area contributed by atoms with E-state index in [1.54, 1.807) is 18.5 Å². The maximum atomic E-state index is 5.14. The van der Waals surface area contributed by atoms with Gasteiger partial charge in [-0.3, -0.25) is 0 Å². The first-order chi connectivity index (χ1) is 8.42. The Kier molecular flexibility index (Phi) is 2.79. The number of hydrogen-bond donors (Lipinski definition) is 1. The van der Waals surface area contributed by atoms with Gasteiger partial charge in [-0.1, -0.05) is 5.16 Å². The van der Waals surface area contributed by atoms with Crippen LogP contribution in [0.4, 0.5) is 0 Å². The Labute approximate surface area is 98.5 Å². The summed E-state index contributed by atoms with van der Waals surface area (Å²) in [5.74, 6) is 1.57. The monoisotopic (exact) mass is 231 g/mol. The van der Waals surface area contributed by atoms with Crippen LogP contribution < -0.4 is 5.32 Å². The molecule has 0 bridgehead atoms. The van der Waals surface area contributed by atoms with Crippen LogP contribution in [0.15, 0.2) is 23.0 Å². The molecular formula is C11H13N5O. The first kappa shape index (κ1) is 10.3. The van der Waals surface area contributed by atoms with E-state index in [0.717, 1.165) is 13.0 Å². The number of nitrogens with one attached hydrogen (secondary N) is 1. The van der Waals surface area contributed by atoms with Crippen molar-refractivity contribution in [2.75, 3.05) is 6.54 Å². The molecule has 0 aromatic carbocycles. The normalized spacial score (nSPS) is 15.1. The van der Waals surface area contributed by atoms with Crippen molar-refractivity contribution in [3.05, 3.63) is 24.4 Å². The molecule has 1 aliphatic carbocycles. The van der Waals surface area contributed by atoms with Crippen LogP contribution in [0, 0.1) is 0 Å². The highest BCUT2D eigenvalue weighted by Crippen LogP contribution is 2.18. The number of nitrogens with zero attached hydrogens (tertiary/aromatic N) is 4. The molecule has 1 N–H and O–H groups in total. The lowest BCUT2D eigenvalue weighted by atomic mass is 10.4. The third-order valence-corrected chi connectivity index (χ3v) is 2.58. The molecule has 0 saturated heterocycles. The third-order valence-electron chi connectivity index (χ3n) is 2.58. The van der Waals surface area contributed by atoms with Gasteiger partial charge in [-0.15, -0.1) is 0 Å². The van der Waals surface area contributed by atoms with Crippen molar-refractivity contribution < 1.29 is 4.52 Å². The average Bonchev–Trinajstić information content (AvgIpc) is 3.07. The summed E-state index contributed by atoms with van der Waals surface area (Å²) in [5.41, 5.74) is 0. The van der Waals surface area contributed by atoms with Crippen molar-refractivity contribution in [1.29, 1.82) is 0 Å². The maximum Gasteiger partial charge on any atom is 0.240 e. The topological polar surface area (TPSA) is 76.7 Å². The molecule has 1 fully saturated rings. The van der Waals surface area contributed by atoms with Gasteiger partial charge in [0, 0.05) is 31.4 Å². The molecular weight excluding hydrogens is 218 g/mol. The maximum absolute atomic E-state index is 5.14. The minimum absolute atomic E-state index is 0.451. The van der Waals surface area contributed by atoms with Crippen LogP contribution in [0.25, 0.3) is 11.6 Å². The van der Waals surface area contributed by atoms with E-state index in [1.807, 2.05) is 0 Å². The predicted molar refractivity (Wildman–Crippen MR) is 60.1 cm³/mol. The van der Waals surface area contributed by atoms with Crippen molar-refractivity contribution in [1.82, 2.24) is 25.4 Å². The highest BCUT2D eigenvalue weighted by atomic mass is 16.5. The van der Waals surface area contributed by atoms with Gasteiger partial charge in [-0.25, -0.2) is 9.97 Å². The van der Waals surface area contributed by atoms with Gasteiger partial charge in [0.25, 0.3) is 0 Å². The number of aromatic nitrogens is 4. The van der Waals surface area contributed by atoms with E-state index >= 15 is 0 Å². The van der Waals surface area contributed by atoms with Crippen molar-refractivity contribution in [2.24, 2.45) is 0 Å². The minimum atomic E-state index is 0.451. The van der Waals surface area contributed by atoms with Crippen molar-refractivity contribution >= 4 is 0 Å². The quantitative estimate of drug-likeness (QED) is 0.821. The fraction of sp³-hybridized carbons (Fsp3) is 0.455. The summed E-state index contributed by atoms with van der Waals surface area (Å²) in [7, 11) is 0. The molecule has 2 heterocycles. The van der Waals surface area contributed by atoms with Crippen molar-refractivity contribution in [2.45, 2.75) is 25.3 Å². The smallest absolute Gasteiger partial charge is 0.240 e. The van der Waals surface area contributed by atoms with Gasteiger partial charge in [-0.2, -0.15) is 4.98 Å². The Morgan fingerprint density at radius 2 is 2.06 bits per heavy atom. The van der Waals surface area contributed by atoms with Crippen LogP contribution in [0.5, 0.6) is 0 Å². The van der Waals surface area contributed by atoms with E-state index in [2.05, 4.69) is 25.4 Å². The fourth-order valence-corrected chi connectivity index (χ4v) is 1.53. The molecule has 0 spiro atoms. The van der Waals surface area contributed by atoms with Crippen molar-refractivity contribution in [3.63, 3.8) is 0 Å². The van der Waals surface area contributed by atoms with Crippen molar-refractivity contribution in [3.8, 4) is 11.6 Å². The molecule has 88 valence electrons. The summed E-state index contributed by atoms with van der Waals surface area (Å²) in [6, 6.07) is 2.46. The molecule has 1 saturated carbocycles. The van der Waals surface area contributed by atoms with Gasteiger partial charge < -0.3 is 9.84 Å². The molecule has 2 aromatic heterocycles. The molecule has 6 nitrogen and oxygen atoms in total. The predicted octanol–water partition coefficient (Wildman–Crippen LogP) is 0.821. The highest BCUT2D eigenvalue weighted by molar-refractivity contribution is 5.40. The number of rotatable bonds is 5. The molecule has 6 heteroatoms. The van der Waals surface area contributed by atoms with Crippen LogP contribution in [0.2, 0.25) is 0 Å². The van der Waals surface area contributed by atoms with Gasteiger partial charge >= 0.3 is 0 Å². The highest BCUT2D eigenvalue weighted by Gasteiger charge is 2.20. The fourth-order valence-electron chi connectivity index (χ4n) is 1.53. The summed E-state index contributed by atoms with van der Waals surface area (Å²) in [6.45, 7) is 0.877. The lowest BCUT2D eigenvalue weighted by Gasteiger charge is -1.97. The molecule has 17 heavy (non-hydrogen) atoms. The van der Waals surface area contributed by atoms with E-state index in [1.165, 1.54) is 12.8 Å². The number of hydrogen-bond acceptors (Lipinski definition) is 6. The average molecular weight is 231 g/mol. The van der Waals surface area contributed by atoms with E-state index in [9.17, 15) is 0 Å². The first-order valence-electron chi connectivity index (χ1n) is 5.75. The van der Waals surface area contributed by atoms with Gasteiger partial charge in [-0.05, 0) is 18.9 Å². The standard InChI is InChI=1S/C11H13N5O/c1-5-13-10(14-6-1)11-15-9(17-16-11)4-7-12-8-2-3-8/h1,5-6,8,12H,2-4,7H2. The van der Waals surface area contributed by atoms with Crippen LogP contribution >= 0.6 is 0 Å². The molecule has 0 radical (unpaired) electrons. The minimum Gasteiger partial charge on any atom is -0.339 e. The molecule has 0 aliphatic heterocycles. The zero-order valence-corrected chi connectivity index (χ0v) is 9.33. The van der Waals surface area contributed by atoms with Gasteiger partial charge in [0.1, 0.15) is 0 Å². The lowest BCUT2D eigenvalue weighted by Crippen LogP contribution is -2.19. The summed E-state index contributed by atoms with van der Waals surface area (Å²) in [5, 5.41) is 7.26. The molecule has 3 rings (SSSR count). The Balaban J connectivity index is 1.61. The second-order valence-corrected chi connectivity index (χ2v) is 4.06. The van der Waals surface area contributed by atoms with Gasteiger partial charge in [0.2, 0.25) is 17.5 Å². The van der Waals surface area contributed by atoms with Gasteiger partial charge in [0.15, 0.2) is 0 Å². The summed E-state index contributed by atoms with van der Waals surface area (Å²) in [4.78, 5) is 12.4. The van der Waals surface area contributed by atoms with E-state index < -0.39 is 0 Å². The van der Waals surface area contributed by atoms with Crippen LogP contribution in [-0.4, -0.2) is 32.7 Å². The largest absolute Gasteiger partial charge is 0.339 e. The van der Waals surface area contributed by atoms with Gasteiger partial charge in [0.05, 0.1) is 0 Å². The van der Waals surface area contributed by atoms with E-state index in [-0.39, 0.29) is 0 Å². The lowest BCUT2D eigenvalue weighted by molar-refractivity contribution is 0.376. The molecule has 0 amide bonds. The zero-order chi connectivity index (χ0) is 11.5. The molecule has 0 atom stereocenters. The Bertz CT molecular complexity index is 480. The Morgan fingerprint density at radius 1 is 1.24 bits per heavy atom. The SMILES string of the molecule is c1cnc(-c2noc(CCNC3CC3)n2)nc1. The summed E-state index contributed by atoms with van der Waals surface area (Å²) < 4.78 is 5.14. The second-order valence-electron chi connectivity index (χ2n) is 4.06. The summed E-state index contributed by atoms with van der Waals surface area (Å²) in [6.07, 6.45) is 6.64. The Morgan fingerprint density at radius 3 is 2.82 bits per heavy atom. The Hall–Kier alpha value is -1.82.